The summed E-state index contributed by atoms with van der Waals surface area (Å²) in [5, 5.41) is 0.488. The summed E-state index contributed by atoms with van der Waals surface area (Å²) in [5.74, 6) is 0. The van der Waals surface area contributed by atoms with Gasteiger partial charge in [0.2, 0.25) is 0 Å². The number of hydrogen-bond acceptors (Lipinski definition) is 1. The second-order valence-corrected chi connectivity index (χ2v) is 2.95. The van der Waals surface area contributed by atoms with Gasteiger partial charge in [0.05, 0.1) is 0 Å². The third kappa shape index (κ3) is 7.55. The van der Waals surface area contributed by atoms with Crippen LogP contribution in [0.3, 0.4) is 0 Å². The van der Waals surface area contributed by atoms with E-state index in [0.29, 0.717) is 5.15 Å². The fourth-order valence-electron chi connectivity index (χ4n) is 0.784. The molecule has 1 aromatic carbocycles. The average molecular weight is 293 g/mol. The molecule has 15 heavy (non-hydrogen) atoms. The second-order valence-electron chi connectivity index (χ2n) is 2.56. The first-order valence-corrected chi connectivity index (χ1v) is 4.51. The molecule has 2 aromatic rings. The van der Waals surface area contributed by atoms with Crippen molar-refractivity contribution in [3.63, 3.8) is 0 Å². The molecule has 0 aliphatic carbocycles. The molecule has 2 rings (SSSR count). The van der Waals surface area contributed by atoms with Gasteiger partial charge in [-0.05, 0) is 0 Å². The summed E-state index contributed by atoms with van der Waals surface area (Å²) >= 11 is 5.40. The van der Waals surface area contributed by atoms with Gasteiger partial charge >= 0.3 is 0 Å². The first kappa shape index (κ1) is 14.6. The van der Waals surface area contributed by atoms with Crippen molar-refractivity contribution in [2.45, 2.75) is 0 Å². The predicted octanol–water partition coefficient (Wildman–Crippen LogP) is 3.40. The van der Waals surface area contributed by atoms with E-state index in [1.807, 2.05) is 30.3 Å². The fraction of sp³-hybridized carbons (Fsp3) is 0. The molecule has 3 heteroatoms. The first-order chi connectivity index (χ1) is 6.79. The number of benzene rings is 1. The van der Waals surface area contributed by atoms with Crippen molar-refractivity contribution in [2.75, 3.05) is 0 Å². The van der Waals surface area contributed by atoms with Crippen LogP contribution in [0.4, 0.5) is 0 Å². The zero-order valence-electron chi connectivity index (χ0n) is 8.23. The van der Waals surface area contributed by atoms with Gasteiger partial charge < -0.3 is 4.98 Å². The number of aromatic nitrogens is 1. The zero-order chi connectivity index (χ0) is 10.2. The van der Waals surface area contributed by atoms with Gasteiger partial charge in [-0.25, -0.2) is 0 Å². The van der Waals surface area contributed by atoms with Crippen molar-refractivity contribution < 1.29 is 32.7 Å². The quantitative estimate of drug-likeness (QED) is 0.536. The van der Waals surface area contributed by atoms with Gasteiger partial charge in [-0.2, -0.15) is 36.8 Å². The van der Waals surface area contributed by atoms with Crippen LogP contribution in [0.15, 0.2) is 48.7 Å². The van der Waals surface area contributed by atoms with Crippen LogP contribution in [0.25, 0.3) is 0 Å². The Morgan fingerprint density at radius 3 is 2.13 bits per heavy atom. The molecule has 1 nitrogen and oxygen atoms in total. The van der Waals surface area contributed by atoms with Crippen LogP contribution in [-0.2, 0) is 32.7 Å². The minimum Gasteiger partial charge on any atom is -0.372 e. The molecule has 0 unspecified atom stereocenters. The Balaban J connectivity index is 0.000000245. The Bertz CT molecular complexity index is 313. The van der Waals surface area contributed by atoms with Gasteiger partial charge in [-0.15, -0.1) is 29.8 Å². The molecule has 0 saturated carbocycles. The van der Waals surface area contributed by atoms with Crippen molar-refractivity contribution in [3.05, 3.63) is 72.4 Å². The molecule has 0 amide bonds. The molecule has 0 fully saturated rings. The molecule has 0 aliphatic rings. The Morgan fingerprint density at radius 1 is 1.20 bits per heavy atom. The second kappa shape index (κ2) is 8.90. The molecule has 1 radical (unpaired) electrons. The molecule has 0 N–H and O–H groups in total. The molecule has 0 bridgehead atoms. The van der Waals surface area contributed by atoms with Gasteiger partial charge in [0.15, 0.2) is 0 Å². The van der Waals surface area contributed by atoms with Gasteiger partial charge in [0.25, 0.3) is 0 Å². The van der Waals surface area contributed by atoms with E-state index in [1.54, 1.807) is 18.3 Å². The van der Waals surface area contributed by atoms with Crippen LogP contribution < -0.4 is 0 Å². The van der Waals surface area contributed by atoms with Gasteiger partial charge in [-0.3, -0.25) is 0 Å². The molecule has 0 aliphatic heterocycles. The summed E-state index contributed by atoms with van der Waals surface area (Å²) < 4.78 is 0. The third-order valence-electron chi connectivity index (χ3n) is 1.41. The van der Waals surface area contributed by atoms with E-state index in [-0.39, 0.29) is 32.7 Å². The van der Waals surface area contributed by atoms with Gasteiger partial charge in [-0.1, -0.05) is 12.3 Å². The van der Waals surface area contributed by atoms with Gasteiger partial charge in [0.1, 0.15) is 0 Å². The van der Waals surface area contributed by atoms with Crippen LogP contribution in [-0.4, -0.2) is 4.98 Å². The van der Waals surface area contributed by atoms with Crippen molar-refractivity contribution >= 4 is 11.6 Å². The Kier molecular flexibility index (Phi) is 8.69. The standard InChI is InChI=1S/C7H7.C5H3ClN.Y/c1-7-5-3-2-4-6-7;6-5-3-1-2-4-7-5;/h2-6H,1H2;2-4H;/q2*-1;. The monoisotopic (exact) mass is 292 g/mol. The van der Waals surface area contributed by atoms with E-state index in [0.717, 1.165) is 5.56 Å². The predicted molar refractivity (Wildman–Crippen MR) is 59.0 cm³/mol. The fourth-order valence-corrected chi connectivity index (χ4v) is 0.903. The maximum absolute atomic E-state index is 5.40. The number of nitrogens with zero attached hydrogens (tertiary/aromatic N) is 1. The Hall–Kier alpha value is -0.366. The van der Waals surface area contributed by atoms with Crippen molar-refractivity contribution in [1.82, 2.24) is 4.98 Å². The summed E-state index contributed by atoms with van der Waals surface area (Å²) in [6.07, 6.45) is 1.60. The van der Waals surface area contributed by atoms with Crippen molar-refractivity contribution in [3.8, 4) is 0 Å². The maximum Gasteiger partial charge on any atom is 0.0142 e. The van der Waals surface area contributed by atoms with Crippen molar-refractivity contribution in [2.24, 2.45) is 0 Å². The topological polar surface area (TPSA) is 12.9 Å². The summed E-state index contributed by atoms with van der Waals surface area (Å²) in [4.78, 5) is 3.71. The summed E-state index contributed by atoms with van der Waals surface area (Å²) in [5.41, 5.74) is 1.07. The normalized spacial score (nSPS) is 8.07. The van der Waals surface area contributed by atoms with Crippen molar-refractivity contribution in [1.29, 1.82) is 0 Å². The molecule has 75 valence electrons. The SMILES string of the molecule is Clc1c[c-]ccn1.[CH2-]c1ccccc1.[Y]. The van der Waals surface area contributed by atoms with E-state index in [9.17, 15) is 0 Å². The van der Waals surface area contributed by atoms with Crippen LogP contribution >= 0.6 is 11.6 Å². The minimum absolute atomic E-state index is 0. The zero-order valence-corrected chi connectivity index (χ0v) is 11.8. The summed E-state index contributed by atoms with van der Waals surface area (Å²) in [7, 11) is 0. The molecule has 0 saturated heterocycles. The Morgan fingerprint density at radius 2 is 1.87 bits per heavy atom. The molecule has 1 aromatic heterocycles. The molecular weight excluding hydrogens is 282 g/mol. The van der Waals surface area contributed by atoms with E-state index in [2.05, 4.69) is 18.0 Å². The van der Waals surface area contributed by atoms with Crippen LogP contribution in [0, 0.1) is 13.0 Å². The number of pyridine rings is 1. The molecule has 1 heterocycles. The molecule has 0 atom stereocenters. The first-order valence-electron chi connectivity index (χ1n) is 4.13. The van der Waals surface area contributed by atoms with E-state index in [4.69, 9.17) is 11.6 Å². The summed E-state index contributed by atoms with van der Waals surface area (Å²) in [6, 6.07) is 16.0. The third-order valence-corrected chi connectivity index (χ3v) is 1.62. The largest absolute Gasteiger partial charge is 0.372 e. The van der Waals surface area contributed by atoms with E-state index < -0.39 is 0 Å². The van der Waals surface area contributed by atoms with Crippen LogP contribution in [0.2, 0.25) is 5.15 Å². The maximum atomic E-state index is 5.40. The van der Waals surface area contributed by atoms with E-state index >= 15 is 0 Å². The van der Waals surface area contributed by atoms with Gasteiger partial charge in [0, 0.05) is 37.9 Å². The summed E-state index contributed by atoms with van der Waals surface area (Å²) in [6.45, 7) is 3.72. The van der Waals surface area contributed by atoms with Crippen LogP contribution in [0.5, 0.6) is 0 Å². The number of halogens is 1. The molecule has 0 spiro atoms. The average Bonchev–Trinajstić information content (AvgIpc) is 2.21. The Labute approximate surface area is 121 Å². The van der Waals surface area contributed by atoms with Crippen LogP contribution in [0.1, 0.15) is 5.56 Å². The number of hydrogen-bond donors (Lipinski definition) is 0. The molecular formula is C12H10ClNY-2. The number of rotatable bonds is 0. The smallest absolute Gasteiger partial charge is 0.0142 e. The minimum atomic E-state index is 0. The van der Waals surface area contributed by atoms with E-state index in [1.165, 1.54) is 0 Å².